The number of rotatable bonds is 11. The third-order valence-electron chi connectivity index (χ3n) is 5.23. The van der Waals surface area contributed by atoms with E-state index in [1.807, 2.05) is 62.4 Å². The molecule has 0 radical (unpaired) electrons. The van der Waals surface area contributed by atoms with Gasteiger partial charge in [0.2, 0.25) is 5.60 Å². The molecule has 8 nitrogen and oxygen atoms in total. The summed E-state index contributed by atoms with van der Waals surface area (Å²) in [6, 6.07) is 15.1. The van der Waals surface area contributed by atoms with E-state index < -0.39 is 24.6 Å². The molecule has 3 N–H and O–H groups in total. The molecule has 1 aliphatic heterocycles. The van der Waals surface area contributed by atoms with Gasteiger partial charge in [-0.15, -0.1) is 0 Å². The summed E-state index contributed by atoms with van der Waals surface area (Å²) in [4.78, 5) is 23.3. The lowest BCUT2D eigenvalue weighted by atomic mass is 9.74. The Hall–Kier alpha value is -2.75. The fourth-order valence-electron chi connectivity index (χ4n) is 3.67. The van der Waals surface area contributed by atoms with Gasteiger partial charge >= 0.3 is 7.12 Å². The first-order valence-corrected chi connectivity index (χ1v) is 10.8. The number of aromatic nitrogens is 1. The van der Waals surface area contributed by atoms with Gasteiger partial charge in [0.25, 0.3) is 5.91 Å². The van der Waals surface area contributed by atoms with E-state index in [0.717, 1.165) is 11.3 Å². The van der Waals surface area contributed by atoms with Crippen molar-refractivity contribution in [1.29, 1.82) is 0 Å². The van der Waals surface area contributed by atoms with E-state index in [2.05, 4.69) is 15.5 Å². The van der Waals surface area contributed by atoms with Gasteiger partial charge in [0.05, 0.1) is 30.6 Å². The molecule has 1 aromatic heterocycles. The number of benzene rings is 1. The third-order valence-corrected chi connectivity index (χ3v) is 5.23. The van der Waals surface area contributed by atoms with E-state index in [0.29, 0.717) is 25.2 Å². The Balaban J connectivity index is 1.69. The summed E-state index contributed by atoms with van der Waals surface area (Å²) in [5.41, 5.74) is 1.04. The van der Waals surface area contributed by atoms with Crippen LogP contribution in [-0.4, -0.2) is 51.9 Å². The number of carbonyl (C=O) groups excluding carboxylic acids is 1. The maximum absolute atomic E-state index is 13.3. The second-order valence-electron chi connectivity index (χ2n) is 8.52. The summed E-state index contributed by atoms with van der Waals surface area (Å²) >= 11 is 0. The van der Waals surface area contributed by atoms with Crippen molar-refractivity contribution in [3.05, 3.63) is 66.0 Å². The lowest BCUT2D eigenvalue weighted by molar-refractivity contribution is -0.144. The second-order valence-corrected chi connectivity index (χ2v) is 8.52. The molecule has 32 heavy (non-hydrogen) atoms. The molecule has 2 heterocycles. The van der Waals surface area contributed by atoms with Gasteiger partial charge in [-0.25, -0.2) is 0 Å². The highest BCUT2D eigenvalue weighted by molar-refractivity contribution is 6.43. The maximum Gasteiger partial charge on any atom is 0.475 e. The van der Waals surface area contributed by atoms with E-state index in [4.69, 9.17) is 9.57 Å². The third kappa shape index (κ3) is 6.62. The van der Waals surface area contributed by atoms with Crippen LogP contribution >= 0.6 is 0 Å². The zero-order chi connectivity index (χ0) is 23.0. The van der Waals surface area contributed by atoms with E-state index >= 15 is 0 Å². The molecule has 2 atom stereocenters. The minimum atomic E-state index is -1.67. The van der Waals surface area contributed by atoms with E-state index in [1.54, 1.807) is 6.20 Å². The van der Waals surface area contributed by atoms with E-state index in [1.165, 1.54) is 0 Å². The number of nitrogens with one attached hydrogen (secondary N) is 1. The van der Waals surface area contributed by atoms with Crippen molar-refractivity contribution >= 4 is 18.7 Å². The molecule has 1 aliphatic rings. The Kier molecular flexibility index (Phi) is 8.38. The van der Waals surface area contributed by atoms with Gasteiger partial charge in [-0.3, -0.25) is 9.78 Å². The van der Waals surface area contributed by atoms with Crippen LogP contribution in [0.4, 0.5) is 0 Å². The summed E-state index contributed by atoms with van der Waals surface area (Å²) in [7, 11) is -1.67. The van der Waals surface area contributed by atoms with Gasteiger partial charge in [-0.1, -0.05) is 55.4 Å². The first-order valence-electron chi connectivity index (χ1n) is 10.8. The number of hydrogen-bond donors (Lipinski definition) is 3. The van der Waals surface area contributed by atoms with Crippen molar-refractivity contribution in [2.24, 2.45) is 11.1 Å². The summed E-state index contributed by atoms with van der Waals surface area (Å²) in [5.74, 6) is -1.06. The molecule has 9 heteroatoms. The molecule has 3 rings (SSSR count). The van der Waals surface area contributed by atoms with Crippen LogP contribution in [0.15, 0.2) is 59.9 Å². The summed E-state index contributed by atoms with van der Waals surface area (Å²) in [6.07, 6.45) is 2.66. The molecule has 2 aromatic rings. The van der Waals surface area contributed by atoms with E-state index in [9.17, 15) is 14.8 Å². The first kappa shape index (κ1) is 23.9. The average Bonchev–Trinajstić information content (AvgIpc) is 3.18. The predicted octanol–water partition coefficient (Wildman–Crippen LogP) is 1.90. The van der Waals surface area contributed by atoms with Crippen molar-refractivity contribution < 1.29 is 24.4 Å². The van der Waals surface area contributed by atoms with Gasteiger partial charge in [-0.2, -0.15) is 0 Å². The molecule has 170 valence electrons. The normalized spacial score (nSPS) is 18.7. The highest BCUT2D eigenvalue weighted by atomic mass is 16.7. The number of carbonyl (C=O) groups is 1. The molecule has 1 amide bonds. The quantitative estimate of drug-likeness (QED) is 0.461. The monoisotopic (exact) mass is 439 g/mol. The number of nitrogens with zero attached hydrogens (tertiary/aromatic N) is 2. The Bertz CT molecular complexity index is 895. The molecule has 0 bridgehead atoms. The number of pyridine rings is 1. The van der Waals surface area contributed by atoms with Crippen LogP contribution in [-0.2, 0) is 27.4 Å². The van der Waals surface area contributed by atoms with Crippen molar-refractivity contribution in [2.45, 2.75) is 51.3 Å². The summed E-state index contributed by atoms with van der Waals surface area (Å²) in [6.45, 7) is 4.43. The highest BCUT2D eigenvalue weighted by Gasteiger charge is 2.48. The number of ether oxygens (including phenoxy) is 1. The Morgan fingerprint density at radius 3 is 2.59 bits per heavy atom. The molecule has 1 aromatic carbocycles. The standard InChI is InChI=1S/C23H30BN3O5/c1-17(2)12-21(24(29)30)26-22(28)23(13-18-8-4-3-5-9-18)14-20(27-32-23)16-31-15-19-10-6-7-11-25-19/h3-11,17,21,29-30H,12-16H2,1-2H3,(H,26,28). The number of oxime groups is 1. The van der Waals surface area contributed by atoms with Crippen molar-refractivity contribution in [2.75, 3.05) is 6.61 Å². The smallest absolute Gasteiger partial charge is 0.426 e. The van der Waals surface area contributed by atoms with Gasteiger partial charge in [0.1, 0.15) is 0 Å². The molecular formula is C23H30BN3O5. The zero-order valence-corrected chi connectivity index (χ0v) is 18.5. The molecule has 0 saturated carbocycles. The van der Waals surface area contributed by atoms with E-state index in [-0.39, 0.29) is 18.9 Å². The summed E-state index contributed by atoms with van der Waals surface area (Å²) < 4.78 is 5.71. The van der Waals surface area contributed by atoms with Gasteiger partial charge < -0.3 is 24.9 Å². The van der Waals surface area contributed by atoms with Gasteiger partial charge in [-0.05, 0) is 30.0 Å². The molecule has 0 aliphatic carbocycles. The zero-order valence-electron chi connectivity index (χ0n) is 18.5. The summed E-state index contributed by atoms with van der Waals surface area (Å²) in [5, 5.41) is 26.4. The number of hydrogen-bond acceptors (Lipinski definition) is 7. The Morgan fingerprint density at radius 1 is 1.19 bits per heavy atom. The SMILES string of the molecule is CC(C)CC(NC(=O)C1(Cc2ccccc2)CC(COCc2ccccn2)=NO1)B(O)O. The maximum atomic E-state index is 13.3. The Morgan fingerprint density at radius 2 is 1.94 bits per heavy atom. The van der Waals surface area contributed by atoms with Crippen LogP contribution in [0.2, 0.25) is 0 Å². The fraction of sp³-hybridized carbons (Fsp3) is 0.435. The van der Waals surface area contributed by atoms with Crippen molar-refractivity contribution in [1.82, 2.24) is 10.3 Å². The minimum Gasteiger partial charge on any atom is -0.426 e. The van der Waals surface area contributed by atoms with Crippen LogP contribution in [0, 0.1) is 5.92 Å². The van der Waals surface area contributed by atoms with Crippen LogP contribution in [0.1, 0.15) is 37.9 Å². The molecular weight excluding hydrogens is 409 g/mol. The van der Waals surface area contributed by atoms with Crippen molar-refractivity contribution in [3.63, 3.8) is 0 Å². The van der Waals surface area contributed by atoms with Crippen LogP contribution in [0.5, 0.6) is 0 Å². The first-order chi connectivity index (χ1) is 15.4. The minimum absolute atomic E-state index is 0.170. The van der Waals surface area contributed by atoms with Gasteiger partial charge in [0.15, 0.2) is 0 Å². The van der Waals surface area contributed by atoms with Crippen LogP contribution in [0.25, 0.3) is 0 Å². The highest BCUT2D eigenvalue weighted by Crippen LogP contribution is 2.29. The van der Waals surface area contributed by atoms with Crippen LogP contribution < -0.4 is 5.32 Å². The van der Waals surface area contributed by atoms with Crippen molar-refractivity contribution in [3.8, 4) is 0 Å². The van der Waals surface area contributed by atoms with Gasteiger partial charge in [0, 0.05) is 19.0 Å². The second kappa shape index (κ2) is 11.2. The molecule has 2 unspecified atom stereocenters. The largest absolute Gasteiger partial charge is 0.475 e. The lowest BCUT2D eigenvalue weighted by Gasteiger charge is -2.29. The predicted molar refractivity (Wildman–Crippen MR) is 121 cm³/mol. The topological polar surface area (TPSA) is 113 Å². The Labute approximate surface area is 188 Å². The number of amides is 1. The fourth-order valence-corrected chi connectivity index (χ4v) is 3.67. The molecule has 0 fully saturated rings. The molecule has 0 spiro atoms. The lowest BCUT2D eigenvalue weighted by Crippen LogP contribution is -2.56. The van der Waals surface area contributed by atoms with Crippen LogP contribution in [0.3, 0.4) is 0 Å². The average molecular weight is 439 g/mol. The molecule has 0 saturated heterocycles.